The lowest BCUT2D eigenvalue weighted by Crippen LogP contribution is -2.37. The molecule has 0 N–H and O–H groups in total. The van der Waals surface area contributed by atoms with Gasteiger partial charge in [0.25, 0.3) is 0 Å². The molecule has 28 heavy (non-hydrogen) atoms. The number of hydrogen-bond donors (Lipinski definition) is 0. The molecule has 0 unspecified atom stereocenters. The van der Waals surface area contributed by atoms with Crippen molar-refractivity contribution in [2.75, 3.05) is 4.90 Å². The van der Waals surface area contributed by atoms with Crippen molar-refractivity contribution < 1.29 is 9.53 Å². The topological polar surface area (TPSA) is 53.3 Å². The lowest BCUT2D eigenvalue weighted by Gasteiger charge is -2.27. The van der Waals surface area contributed by atoms with E-state index in [0.717, 1.165) is 29.8 Å². The van der Waals surface area contributed by atoms with E-state index in [4.69, 9.17) is 10.00 Å². The molecule has 4 heteroatoms. The summed E-state index contributed by atoms with van der Waals surface area (Å²) in [4.78, 5) is 14.7. The first kappa shape index (κ1) is 19.9. The van der Waals surface area contributed by atoms with Crippen LogP contribution in [-0.4, -0.2) is 18.1 Å². The van der Waals surface area contributed by atoms with Crippen LogP contribution in [0, 0.1) is 11.3 Å². The van der Waals surface area contributed by atoms with E-state index in [0.29, 0.717) is 24.5 Å². The minimum absolute atomic E-state index is 0.0264. The van der Waals surface area contributed by atoms with Crippen molar-refractivity contribution in [2.45, 2.75) is 64.5 Å². The Labute approximate surface area is 167 Å². The summed E-state index contributed by atoms with van der Waals surface area (Å²) in [6.07, 6.45) is 6.18. The Hall–Kier alpha value is -2.80. The molecule has 4 nitrogen and oxygen atoms in total. The standard InChI is InChI=1S/C24H28N2O2/c1-18(2)26(21-9-5-8-20(15-21)17-25)24(27)14-13-19-7-6-12-23(16-19)28-22-10-3-4-11-22/h5-9,12,15-16,18,22H,3-4,10-11,13-14H2,1-2H3. The van der Waals surface area contributed by atoms with Gasteiger partial charge in [-0.3, -0.25) is 4.79 Å². The molecule has 0 aliphatic heterocycles. The van der Waals surface area contributed by atoms with Gasteiger partial charge >= 0.3 is 0 Å². The molecule has 0 heterocycles. The summed E-state index contributed by atoms with van der Waals surface area (Å²) in [6.45, 7) is 3.99. The highest BCUT2D eigenvalue weighted by Gasteiger charge is 2.20. The first-order chi connectivity index (χ1) is 13.6. The highest BCUT2D eigenvalue weighted by molar-refractivity contribution is 5.94. The Morgan fingerprint density at radius 1 is 1.18 bits per heavy atom. The Bertz CT molecular complexity index is 848. The van der Waals surface area contributed by atoms with Crippen LogP contribution in [0.5, 0.6) is 5.75 Å². The average Bonchev–Trinajstić information content (AvgIpc) is 3.20. The number of ether oxygens (including phenoxy) is 1. The van der Waals surface area contributed by atoms with E-state index in [1.54, 1.807) is 17.0 Å². The minimum atomic E-state index is 0.0264. The van der Waals surface area contributed by atoms with Crippen LogP contribution in [0.1, 0.15) is 57.1 Å². The SMILES string of the molecule is CC(C)N(C(=O)CCc1cccc(OC2CCCC2)c1)c1cccc(C#N)c1. The van der Waals surface area contributed by atoms with E-state index in [2.05, 4.69) is 12.1 Å². The normalized spacial score (nSPS) is 14.1. The monoisotopic (exact) mass is 376 g/mol. The molecule has 0 spiro atoms. The maximum atomic E-state index is 12.9. The van der Waals surface area contributed by atoms with Crippen LogP contribution in [0.2, 0.25) is 0 Å². The quantitative estimate of drug-likeness (QED) is 0.663. The first-order valence-electron chi connectivity index (χ1n) is 10.1. The second-order valence-corrected chi connectivity index (χ2v) is 7.69. The molecule has 0 bridgehead atoms. The van der Waals surface area contributed by atoms with Crippen LogP contribution in [-0.2, 0) is 11.2 Å². The van der Waals surface area contributed by atoms with E-state index < -0.39 is 0 Å². The predicted octanol–water partition coefficient (Wildman–Crippen LogP) is 5.25. The zero-order valence-electron chi connectivity index (χ0n) is 16.7. The number of benzene rings is 2. The van der Waals surface area contributed by atoms with Crippen LogP contribution in [0.3, 0.4) is 0 Å². The van der Waals surface area contributed by atoms with Gasteiger partial charge in [-0.05, 0) is 81.8 Å². The largest absolute Gasteiger partial charge is 0.490 e. The highest BCUT2D eigenvalue weighted by Crippen LogP contribution is 2.25. The number of rotatable bonds is 7. The molecule has 146 valence electrons. The number of amides is 1. The summed E-state index contributed by atoms with van der Waals surface area (Å²) < 4.78 is 6.08. The van der Waals surface area contributed by atoms with Gasteiger partial charge in [-0.2, -0.15) is 5.26 Å². The van der Waals surface area contributed by atoms with Crippen LogP contribution < -0.4 is 9.64 Å². The van der Waals surface area contributed by atoms with E-state index >= 15 is 0 Å². The zero-order valence-corrected chi connectivity index (χ0v) is 16.7. The smallest absolute Gasteiger partial charge is 0.227 e. The number of aryl methyl sites for hydroxylation is 1. The number of nitrogens with zero attached hydrogens (tertiary/aromatic N) is 2. The van der Waals surface area contributed by atoms with Gasteiger partial charge in [0.05, 0.1) is 17.7 Å². The molecule has 2 aromatic rings. The fraction of sp³-hybridized carbons (Fsp3) is 0.417. The second-order valence-electron chi connectivity index (χ2n) is 7.69. The first-order valence-corrected chi connectivity index (χ1v) is 10.1. The van der Waals surface area contributed by atoms with Gasteiger partial charge in [-0.1, -0.05) is 18.2 Å². The van der Waals surface area contributed by atoms with Crippen molar-refractivity contribution >= 4 is 11.6 Å². The fourth-order valence-electron chi connectivity index (χ4n) is 3.80. The molecule has 1 aliphatic rings. The van der Waals surface area contributed by atoms with Gasteiger partial charge in [0, 0.05) is 18.2 Å². The lowest BCUT2D eigenvalue weighted by atomic mass is 10.1. The van der Waals surface area contributed by atoms with Crippen LogP contribution in [0.15, 0.2) is 48.5 Å². The third kappa shape index (κ3) is 5.13. The van der Waals surface area contributed by atoms with Crippen molar-refractivity contribution in [3.8, 4) is 11.8 Å². The average molecular weight is 377 g/mol. The van der Waals surface area contributed by atoms with Gasteiger partial charge in [0.15, 0.2) is 0 Å². The summed E-state index contributed by atoms with van der Waals surface area (Å²) in [6, 6.07) is 17.5. The number of carbonyl (C=O) groups is 1. The van der Waals surface area contributed by atoms with Crippen molar-refractivity contribution in [3.63, 3.8) is 0 Å². The summed E-state index contributed by atoms with van der Waals surface area (Å²) in [5, 5.41) is 9.14. The molecule has 0 radical (unpaired) electrons. The van der Waals surface area contributed by atoms with Gasteiger partial charge < -0.3 is 9.64 Å². The van der Waals surface area contributed by atoms with Gasteiger partial charge in [-0.15, -0.1) is 0 Å². The molecule has 3 rings (SSSR count). The third-order valence-electron chi connectivity index (χ3n) is 5.17. The molecule has 1 aliphatic carbocycles. The maximum Gasteiger partial charge on any atom is 0.227 e. The van der Waals surface area contributed by atoms with E-state index in [9.17, 15) is 4.79 Å². The fourth-order valence-corrected chi connectivity index (χ4v) is 3.80. The van der Waals surface area contributed by atoms with Gasteiger partial charge in [-0.25, -0.2) is 0 Å². The molecule has 1 amide bonds. The second kappa shape index (κ2) is 9.41. The summed E-state index contributed by atoms with van der Waals surface area (Å²) in [7, 11) is 0. The van der Waals surface area contributed by atoms with Crippen molar-refractivity contribution in [2.24, 2.45) is 0 Å². The number of nitriles is 1. The minimum Gasteiger partial charge on any atom is -0.490 e. The lowest BCUT2D eigenvalue weighted by molar-refractivity contribution is -0.118. The number of carbonyl (C=O) groups excluding carboxylic acids is 1. The molecule has 0 saturated heterocycles. The van der Waals surface area contributed by atoms with Crippen molar-refractivity contribution in [3.05, 3.63) is 59.7 Å². The molecule has 2 aromatic carbocycles. The van der Waals surface area contributed by atoms with Crippen molar-refractivity contribution in [1.82, 2.24) is 0 Å². The van der Waals surface area contributed by atoms with Gasteiger partial charge in [0.2, 0.25) is 5.91 Å². The summed E-state index contributed by atoms with van der Waals surface area (Å²) >= 11 is 0. The number of hydrogen-bond acceptors (Lipinski definition) is 3. The third-order valence-corrected chi connectivity index (χ3v) is 5.17. The molecule has 0 atom stereocenters. The molecule has 1 saturated carbocycles. The molecular formula is C24H28N2O2. The molecule has 1 fully saturated rings. The Balaban J connectivity index is 1.65. The summed E-state index contributed by atoms with van der Waals surface area (Å²) in [5.41, 5.74) is 2.45. The van der Waals surface area contributed by atoms with Crippen LogP contribution in [0.4, 0.5) is 5.69 Å². The summed E-state index contributed by atoms with van der Waals surface area (Å²) in [5.74, 6) is 0.964. The Kier molecular flexibility index (Phi) is 6.71. The zero-order chi connectivity index (χ0) is 19.9. The molecular weight excluding hydrogens is 348 g/mol. The van der Waals surface area contributed by atoms with E-state index in [-0.39, 0.29) is 11.9 Å². The Morgan fingerprint density at radius 2 is 1.93 bits per heavy atom. The number of anilines is 1. The van der Waals surface area contributed by atoms with E-state index in [1.165, 1.54) is 12.8 Å². The maximum absolute atomic E-state index is 12.9. The van der Waals surface area contributed by atoms with Gasteiger partial charge in [0.1, 0.15) is 5.75 Å². The van der Waals surface area contributed by atoms with Crippen LogP contribution in [0.25, 0.3) is 0 Å². The predicted molar refractivity (Wildman–Crippen MR) is 111 cm³/mol. The van der Waals surface area contributed by atoms with Crippen molar-refractivity contribution in [1.29, 1.82) is 5.26 Å². The molecule has 0 aromatic heterocycles. The highest BCUT2D eigenvalue weighted by atomic mass is 16.5. The van der Waals surface area contributed by atoms with Crippen LogP contribution >= 0.6 is 0 Å². The Morgan fingerprint density at radius 3 is 2.64 bits per heavy atom. The van der Waals surface area contributed by atoms with E-state index in [1.807, 2.05) is 44.2 Å².